The average Bonchev–Trinajstić information content (AvgIpc) is 2.89. The Labute approximate surface area is 127 Å². The van der Waals surface area contributed by atoms with E-state index < -0.39 is 0 Å². The molecule has 2 aromatic rings. The summed E-state index contributed by atoms with van der Waals surface area (Å²) in [5, 5.41) is 14.0. The minimum Gasteiger partial charge on any atom is -0.351 e. The van der Waals surface area contributed by atoms with Crippen LogP contribution in [0.1, 0.15) is 20.8 Å². The largest absolute Gasteiger partial charge is 0.351 e. The summed E-state index contributed by atoms with van der Waals surface area (Å²) in [7, 11) is 0. The molecule has 2 aromatic heterocycles. The van der Waals surface area contributed by atoms with Crippen LogP contribution in [-0.2, 0) is 4.79 Å². The quantitative estimate of drug-likeness (QED) is 0.881. The molecule has 0 saturated heterocycles. The van der Waals surface area contributed by atoms with Crippen LogP contribution in [0.3, 0.4) is 0 Å². The van der Waals surface area contributed by atoms with Gasteiger partial charge in [-0.25, -0.2) is 0 Å². The van der Waals surface area contributed by atoms with E-state index in [0.29, 0.717) is 5.75 Å². The summed E-state index contributed by atoms with van der Waals surface area (Å²) in [6, 6.07) is 7.83. The van der Waals surface area contributed by atoms with E-state index in [9.17, 15) is 4.79 Å². The van der Waals surface area contributed by atoms with Crippen molar-refractivity contribution in [1.29, 1.82) is 0 Å². The Morgan fingerprint density at radius 3 is 2.65 bits per heavy atom. The Hall–Kier alpha value is -1.40. The van der Waals surface area contributed by atoms with E-state index in [-0.39, 0.29) is 11.4 Å². The van der Waals surface area contributed by atoms with Crippen molar-refractivity contribution in [2.45, 2.75) is 31.3 Å². The lowest BCUT2D eigenvalue weighted by atomic mass is 10.1. The highest BCUT2D eigenvalue weighted by molar-refractivity contribution is 7.99. The number of rotatable bonds is 4. The van der Waals surface area contributed by atoms with Gasteiger partial charge in [-0.1, -0.05) is 17.8 Å². The van der Waals surface area contributed by atoms with Gasteiger partial charge < -0.3 is 5.32 Å². The van der Waals surface area contributed by atoms with Crippen LogP contribution >= 0.6 is 23.1 Å². The molecular weight excluding hydrogens is 290 g/mol. The molecule has 4 nitrogen and oxygen atoms in total. The van der Waals surface area contributed by atoms with Crippen molar-refractivity contribution in [1.82, 2.24) is 15.5 Å². The van der Waals surface area contributed by atoms with Crippen LogP contribution in [0.15, 0.2) is 34.7 Å². The van der Waals surface area contributed by atoms with Crippen LogP contribution in [0.25, 0.3) is 10.6 Å². The Balaban J connectivity index is 1.90. The third kappa shape index (κ3) is 4.61. The van der Waals surface area contributed by atoms with Crippen LogP contribution in [0, 0.1) is 0 Å². The summed E-state index contributed by atoms with van der Waals surface area (Å²) in [6.45, 7) is 5.89. The van der Waals surface area contributed by atoms with Crippen LogP contribution in [0.4, 0.5) is 0 Å². The summed E-state index contributed by atoms with van der Waals surface area (Å²) >= 11 is 3.03. The first-order valence-electron chi connectivity index (χ1n) is 6.25. The molecule has 0 aliphatic rings. The lowest BCUT2D eigenvalue weighted by Crippen LogP contribution is -2.41. The lowest BCUT2D eigenvalue weighted by molar-refractivity contribution is -0.119. The zero-order valence-electron chi connectivity index (χ0n) is 11.7. The first kappa shape index (κ1) is 15.0. The smallest absolute Gasteiger partial charge is 0.230 e. The second-order valence-electron chi connectivity index (χ2n) is 5.32. The molecule has 0 aromatic carbocycles. The van der Waals surface area contributed by atoms with Gasteiger partial charge in [-0.2, -0.15) is 0 Å². The van der Waals surface area contributed by atoms with Gasteiger partial charge >= 0.3 is 0 Å². The predicted octanol–water partition coefficient (Wildman–Crippen LogP) is 3.21. The maximum absolute atomic E-state index is 11.7. The zero-order valence-corrected chi connectivity index (χ0v) is 13.3. The van der Waals surface area contributed by atoms with Crippen LogP contribution < -0.4 is 5.32 Å². The summed E-state index contributed by atoms with van der Waals surface area (Å²) in [6.07, 6.45) is 0. The molecule has 2 rings (SSSR count). The fourth-order valence-electron chi connectivity index (χ4n) is 1.55. The normalized spacial score (nSPS) is 11.3. The molecule has 0 saturated carbocycles. The molecule has 0 atom stereocenters. The number of nitrogens with one attached hydrogen (secondary N) is 1. The summed E-state index contributed by atoms with van der Waals surface area (Å²) in [4.78, 5) is 12.8. The third-order valence-electron chi connectivity index (χ3n) is 2.28. The number of amides is 1. The number of aromatic nitrogens is 2. The van der Waals surface area contributed by atoms with Gasteiger partial charge in [0.15, 0.2) is 0 Å². The maximum atomic E-state index is 11.7. The van der Waals surface area contributed by atoms with Gasteiger partial charge in [-0.15, -0.1) is 21.5 Å². The molecule has 1 N–H and O–H groups in total. The Kier molecular flexibility index (Phi) is 4.77. The van der Waals surface area contributed by atoms with E-state index in [1.165, 1.54) is 11.8 Å². The van der Waals surface area contributed by atoms with Crippen molar-refractivity contribution in [2.75, 3.05) is 5.75 Å². The van der Waals surface area contributed by atoms with E-state index in [1.54, 1.807) is 11.3 Å². The van der Waals surface area contributed by atoms with Gasteiger partial charge in [0, 0.05) is 5.54 Å². The molecule has 2 heterocycles. The number of carbonyl (C=O) groups excluding carboxylic acids is 1. The molecule has 20 heavy (non-hydrogen) atoms. The van der Waals surface area contributed by atoms with Gasteiger partial charge in [-0.3, -0.25) is 4.79 Å². The monoisotopic (exact) mass is 307 g/mol. The maximum Gasteiger partial charge on any atom is 0.230 e. The lowest BCUT2D eigenvalue weighted by Gasteiger charge is -2.20. The second-order valence-corrected chi connectivity index (χ2v) is 7.26. The zero-order chi connectivity index (χ0) is 14.6. The van der Waals surface area contributed by atoms with E-state index in [1.807, 2.05) is 50.4 Å². The molecule has 0 radical (unpaired) electrons. The SMILES string of the molecule is CC(C)(C)NC(=O)CSc1ccc(-c2cccs2)nn1. The third-order valence-corrected chi connectivity index (χ3v) is 4.09. The average molecular weight is 307 g/mol. The molecular formula is C14H17N3OS2. The Bertz CT molecular complexity index is 559. The van der Waals surface area contributed by atoms with Crippen molar-refractivity contribution in [3.63, 3.8) is 0 Å². The van der Waals surface area contributed by atoms with Gasteiger partial charge in [0.2, 0.25) is 5.91 Å². The molecule has 0 aliphatic carbocycles. The van der Waals surface area contributed by atoms with Crippen LogP contribution in [-0.4, -0.2) is 27.4 Å². The van der Waals surface area contributed by atoms with Crippen molar-refractivity contribution in [3.8, 4) is 10.6 Å². The first-order valence-corrected chi connectivity index (χ1v) is 8.12. The van der Waals surface area contributed by atoms with E-state index in [0.717, 1.165) is 15.6 Å². The van der Waals surface area contributed by atoms with Crippen molar-refractivity contribution >= 4 is 29.0 Å². The number of carbonyl (C=O) groups is 1. The van der Waals surface area contributed by atoms with Crippen LogP contribution in [0.5, 0.6) is 0 Å². The molecule has 1 amide bonds. The van der Waals surface area contributed by atoms with Gasteiger partial charge in [0.05, 0.1) is 10.6 Å². The highest BCUT2D eigenvalue weighted by atomic mass is 32.2. The molecule has 0 fully saturated rings. The molecule has 0 unspecified atom stereocenters. The first-order chi connectivity index (χ1) is 9.44. The number of thiophene rings is 1. The van der Waals surface area contributed by atoms with Gasteiger partial charge in [-0.05, 0) is 44.4 Å². The summed E-state index contributed by atoms with van der Waals surface area (Å²) in [5.41, 5.74) is 0.662. The van der Waals surface area contributed by atoms with Crippen molar-refractivity contribution < 1.29 is 4.79 Å². The predicted molar refractivity (Wildman–Crippen MR) is 84.0 cm³/mol. The molecule has 106 valence electrons. The fraction of sp³-hybridized carbons (Fsp3) is 0.357. The van der Waals surface area contributed by atoms with Crippen molar-refractivity contribution in [2.24, 2.45) is 0 Å². The number of thioether (sulfide) groups is 1. The standard InChI is InChI=1S/C14H17N3OS2/c1-14(2,3)15-12(18)9-20-13-7-6-10(16-17-13)11-5-4-8-19-11/h4-8H,9H2,1-3H3,(H,15,18). The number of hydrogen-bond donors (Lipinski definition) is 1. The number of nitrogens with zero attached hydrogens (tertiary/aromatic N) is 2. The summed E-state index contributed by atoms with van der Waals surface area (Å²) in [5.74, 6) is 0.358. The minimum atomic E-state index is -0.202. The fourth-order valence-corrected chi connectivity index (χ4v) is 2.85. The minimum absolute atomic E-state index is 0.00614. The molecule has 0 aliphatic heterocycles. The number of hydrogen-bond acceptors (Lipinski definition) is 5. The Morgan fingerprint density at radius 2 is 2.10 bits per heavy atom. The van der Waals surface area contributed by atoms with E-state index >= 15 is 0 Å². The molecule has 0 spiro atoms. The molecule has 6 heteroatoms. The van der Waals surface area contributed by atoms with Crippen LogP contribution in [0.2, 0.25) is 0 Å². The van der Waals surface area contributed by atoms with Crippen molar-refractivity contribution in [3.05, 3.63) is 29.6 Å². The highest BCUT2D eigenvalue weighted by Gasteiger charge is 2.14. The molecule has 0 bridgehead atoms. The Morgan fingerprint density at radius 1 is 1.30 bits per heavy atom. The van der Waals surface area contributed by atoms with E-state index in [2.05, 4.69) is 15.5 Å². The second kappa shape index (κ2) is 6.37. The van der Waals surface area contributed by atoms with Gasteiger partial charge in [0.1, 0.15) is 10.7 Å². The summed E-state index contributed by atoms with van der Waals surface area (Å²) < 4.78 is 0. The van der Waals surface area contributed by atoms with Gasteiger partial charge in [0.25, 0.3) is 0 Å². The topological polar surface area (TPSA) is 54.9 Å². The van der Waals surface area contributed by atoms with E-state index in [4.69, 9.17) is 0 Å². The highest BCUT2D eigenvalue weighted by Crippen LogP contribution is 2.23.